The molecule has 0 bridgehead atoms. The minimum absolute atomic E-state index is 0.00220. The number of para-hydroxylation sites is 1. The number of esters is 1. The Bertz CT molecular complexity index is 964. The van der Waals surface area contributed by atoms with Crippen LogP contribution >= 0.6 is 0 Å². The lowest BCUT2D eigenvalue weighted by Crippen LogP contribution is -2.59. The molecule has 2 saturated heterocycles. The summed E-state index contributed by atoms with van der Waals surface area (Å²) in [5, 5.41) is 3.25. The van der Waals surface area contributed by atoms with Gasteiger partial charge in [0.1, 0.15) is 17.1 Å². The summed E-state index contributed by atoms with van der Waals surface area (Å²) in [6.45, 7) is 7.24. The number of benzene rings is 1. The van der Waals surface area contributed by atoms with Gasteiger partial charge >= 0.3 is 5.97 Å². The van der Waals surface area contributed by atoms with Crippen LogP contribution in [0.25, 0.3) is 11.1 Å². The fourth-order valence-electron chi connectivity index (χ4n) is 5.35. The van der Waals surface area contributed by atoms with E-state index in [9.17, 15) is 9.59 Å². The van der Waals surface area contributed by atoms with Gasteiger partial charge in [-0.3, -0.25) is 9.69 Å². The number of ether oxygens (including phenoxy) is 1. The monoisotopic (exact) mass is 442 g/mol. The highest BCUT2D eigenvalue weighted by Gasteiger charge is 2.35. The maximum Gasteiger partial charge on any atom is 0.341 e. The minimum atomic E-state index is -0.468. The van der Waals surface area contributed by atoms with Crippen LogP contribution in [0.1, 0.15) is 69.7 Å². The van der Waals surface area contributed by atoms with E-state index in [4.69, 9.17) is 9.15 Å². The van der Waals surface area contributed by atoms with Crippen LogP contribution in [-0.4, -0.2) is 59.7 Å². The number of anilines is 1. The van der Waals surface area contributed by atoms with Crippen LogP contribution < -0.4 is 10.2 Å². The van der Waals surface area contributed by atoms with Crippen molar-refractivity contribution in [2.75, 3.05) is 18.6 Å². The van der Waals surface area contributed by atoms with E-state index in [1.54, 1.807) is 18.2 Å². The summed E-state index contributed by atoms with van der Waals surface area (Å²) in [5.41, 5.74) is 1.31. The largest absolute Gasteiger partial charge is 0.465 e. The molecule has 3 heterocycles. The Labute approximate surface area is 189 Å². The molecule has 1 N–H and O–H groups in total. The van der Waals surface area contributed by atoms with E-state index in [1.807, 2.05) is 4.90 Å². The molecule has 1 unspecified atom stereocenters. The first-order chi connectivity index (χ1) is 15.4. The smallest absolute Gasteiger partial charge is 0.341 e. The van der Waals surface area contributed by atoms with Crippen molar-refractivity contribution >= 4 is 29.0 Å². The van der Waals surface area contributed by atoms with Crippen LogP contribution in [0.3, 0.4) is 0 Å². The summed E-state index contributed by atoms with van der Waals surface area (Å²) < 4.78 is 10.9. The zero-order valence-corrected chi connectivity index (χ0v) is 19.5. The molecule has 0 saturated carbocycles. The first-order valence-electron chi connectivity index (χ1n) is 11.7. The SMILES string of the molecule is COC(=O)c1cccc2nc(N3CCCC[C@H]3C(=O)NC(C)N3[C@H](C)CCC[C@@H]3C)oc12. The summed E-state index contributed by atoms with van der Waals surface area (Å²) in [4.78, 5) is 34.4. The summed E-state index contributed by atoms with van der Waals surface area (Å²) in [6, 6.07) is 6.14. The number of nitrogens with zero attached hydrogens (tertiary/aromatic N) is 3. The Morgan fingerprint density at radius 1 is 1.16 bits per heavy atom. The number of carbonyl (C=O) groups excluding carboxylic acids is 2. The molecule has 1 aromatic heterocycles. The van der Waals surface area contributed by atoms with E-state index in [2.05, 4.69) is 36.0 Å². The molecule has 32 heavy (non-hydrogen) atoms. The van der Waals surface area contributed by atoms with Gasteiger partial charge in [-0.05, 0) is 65.0 Å². The molecule has 8 nitrogen and oxygen atoms in total. The molecule has 4 rings (SSSR count). The number of methoxy groups -OCH3 is 1. The third-order valence-corrected chi connectivity index (χ3v) is 6.92. The molecular formula is C24H34N4O4. The number of amides is 1. The number of likely N-dealkylation sites (tertiary alicyclic amines) is 1. The maximum absolute atomic E-state index is 13.4. The number of rotatable bonds is 5. The molecule has 4 atom stereocenters. The van der Waals surface area contributed by atoms with Crippen molar-refractivity contribution in [3.05, 3.63) is 23.8 Å². The Kier molecular flexibility index (Phi) is 6.69. The quantitative estimate of drug-likeness (QED) is 0.707. The van der Waals surface area contributed by atoms with Crippen molar-refractivity contribution in [1.82, 2.24) is 15.2 Å². The van der Waals surface area contributed by atoms with Crippen LogP contribution in [0.4, 0.5) is 6.01 Å². The van der Waals surface area contributed by atoms with Crippen molar-refractivity contribution in [3.63, 3.8) is 0 Å². The summed E-state index contributed by atoms with van der Waals surface area (Å²) in [7, 11) is 1.34. The van der Waals surface area contributed by atoms with Gasteiger partial charge in [-0.25, -0.2) is 4.79 Å². The molecule has 1 aromatic carbocycles. The number of fused-ring (bicyclic) bond motifs is 1. The van der Waals surface area contributed by atoms with Crippen LogP contribution in [0.15, 0.2) is 22.6 Å². The Morgan fingerprint density at radius 3 is 2.62 bits per heavy atom. The topological polar surface area (TPSA) is 87.9 Å². The van der Waals surface area contributed by atoms with E-state index in [-0.39, 0.29) is 18.1 Å². The first kappa shape index (κ1) is 22.6. The fraction of sp³-hybridized carbons (Fsp3) is 0.625. The number of hydrogen-bond donors (Lipinski definition) is 1. The lowest BCUT2D eigenvalue weighted by atomic mass is 9.96. The standard InChI is InChI=1S/C24H34N4O4/c1-15-9-7-10-16(2)28(15)17(3)25-22(29)20-13-5-6-14-27(20)24-26-19-12-8-11-18(21(19)32-24)23(30)31-4/h8,11-12,15-17,20H,5-7,9-10,13-14H2,1-4H3,(H,25,29)/t15-,16+,17?,20-/m0/s1. The van der Waals surface area contributed by atoms with Gasteiger partial charge in [-0.1, -0.05) is 12.5 Å². The molecule has 0 aliphatic carbocycles. The second-order valence-electron chi connectivity index (χ2n) is 9.11. The van der Waals surface area contributed by atoms with E-state index in [1.165, 1.54) is 13.5 Å². The average molecular weight is 443 g/mol. The van der Waals surface area contributed by atoms with Gasteiger partial charge in [0, 0.05) is 18.6 Å². The van der Waals surface area contributed by atoms with E-state index < -0.39 is 5.97 Å². The number of oxazole rings is 1. The summed E-state index contributed by atoms with van der Waals surface area (Å²) in [5.74, 6) is -0.470. The summed E-state index contributed by atoms with van der Waals surface area (Å²) in [6.07, 6.45) is 6.20. The van der Waals surface area contributed by atoms with Gasteiger partial charge in [0.25, 0.3) is 6.01 Å². The van der Waals surface area contributed by atoms with Crippen LogP contribution in [0.2, 0.25) is 0 Å². The van der Waals surface area contributed by atoms with Crippen molar-refractivity contribution in [2.24, 2.45) is 0 Å². The molecule has 174 valence electrons. The van der Waals surface area contributed by atoms with E-state index in [0.29, 0.717) is 41.3 Å². The fourth-order valence-corrected chi connectivity index (χ4v) is 5.35. The second kappa shape index (κ2) is 9.48. The first-order valence-corrected chi connectivity index (χ1v) is 11.7. The van der Waals surface area contributed by atoms with Crippen LogP contribution in [0.5, 0.6) is 0 Å². The molecule has 8 heteroatoms. The van der Waals surface area contributed by atoms with Gasteiger partial charge < -0.3 is 19.4 Å². The van der Waals surface area contributed by atoms with E-state index in [0.717, 1.165) is 32.1 Å². The third kappa shape index (κ3) is 4.33. The lowest BCUT2D eigenvalue weighted by molar-refractivity contribution is -0.125. The highest BCUT2D eigenvalue weighted by atomic mass is 16.5. The average Bonchev–Trinajstić information content (AvgIpc) is 3.22. The molecule has 2 aromatic rings. The van der Waals surface area contributed by atoms with Crippen LogP contribution in [-0.2, 0) is 9.53 Å². The highest BCUT2D eigenvalue weighted by molar-refractivity contribution is 6.01. The van der Waals surface area contributed by atoms with Crippen LogP contribution in [0, 0.1) is 0 Å². The van der Waals surface area contributed by atoms with Gasteiger partial charge in [0.05, 0.1) is 13.3 Å². The normalized spacial score (nSPS) is 25.5. The zero-order valence-electron chi connectivity index (χ0n) is 19.5. The van der Waals surface area contributed by atoms with E-state index >= 15 is 0 Å². The predicted molar refractivity (Wildman–Crippen MR) is 123 cm³/mol. The van der Waals surface area contributed by atoms with Crippen molar-refractivity contribution in [2.45, 2.75) is 83.6 Å². The molecule has 2 aliphatic rings. The van der Waals surface area contributed by atoms with Crippen molar-refractivity contribution < 1.29 is 18.7 Å². The van der Waals surface area contributed by atoms with Crippen molar-refractivity contribution in [3.8, 4) is 0 Å². The van der Waals surface area contributed by atoms with Crippen molar-refractivity contribution in [1.29, 1.82) is 0 Å². The lowest BCUT2D eigenvalue weighted by Gasteiger charge is -2.44. The highest BCUT2D eigenvalue weighted by Crippen LogP contribution is 2.30. The molecule has 1 amide bonds. The number of nitrogens with one attached hydrogen (secondary N) is 1. The Morgan fingerprint density at radius 2 is 1.91 bits per heavy atom. The number of carbonyl (C=O) groups is 2. The number of hydrogen-bond acceptors (Lipinski definition) is 7. The van der Waals surface area contributed by atoms with Gasteiger partial charge in [0.2, 0.25) is 5.91 Å². The third-order valence-electron chi connectivity index (χ3n) is 6.92. The van der Waals surface area contributed by atoms with Gasteiger partial charge in [-0.2, -0.15) is 4.98 Å². The Hall–Kier alpha value is -2.61. The molecule has 2 fully saturated rings. The zero-order chi connectivity index (χ0) is 22.8. The minimum Gasteiger partial charge on any atom is -0.465 e. The van der Waals surface area contributed by atoms with Gasteiger partial charge in [0.15, 0.2) is 5.58 Å². The molecule has 0 radical (unpaired) electrons. The number of aromatic nitrogens is 1. The Balaban J connectivity index is 1.55. The maximum atomic E-state index is 13.4. The molecule has 0 spiro atoms. The van der Waals surface area contributed by atoms with Gasteiger partial charge in [-0.15, -0.1) is 0 Å². The number of piperidine rings is 2. The summed E-state index contributed by atoms with van der Waals surface area (Å²) >= 11 is 0. The molecule has 2 aliphatic heterocycles. The molecular weight excluding hydrogens is 408 g/mol. The predicted octanol–water partition coefficient (Wildman–Crippen LogP) is 3.70. The second-order valence-corrected chi connectivity index (χ2v) is 9.11.